The lowest BCUT2D eigenvalue weighted by Gasteiger charge is -2.09. The molecule has 0 bridgehead atoms. The maximum Gasteiger partial charge on any atom is 0.331 e. The third-order valence-corrected chi connectivity index (χ3v) is 3.30. The van der Waals surface area contributed by atoms with Crippen molar-refractivity contribution in [1.82, 2.24) is 5.32 Å². The predicted molar refractivity (Wildman–Crippen MR) is 91.2 cm³/mol. The lowest BCUT2D eigenvalue weighted by molar-refractivity contribution is -0.143. The van der Waals surface area contributed by atoms with Crippen LogP contribution in [0.2, 0.25) is 0 Å². The van der Waals surface area contributed by atoms with Gasteiger partial charge in [0.05, 0.1) is 7.11 Å². The summed E-state index contributed by atoms with van der Waals surface area (Å²) in [5.41, 5.74) is 1.47. The van der Waals surface area contributed by atoms with E-state index < -0.39 is 11.9 Å². The molecule has 2 aromatic carbocycles. The summed E-state index contributed by atoms with van der Waals surface area (Å²) in [6.07, 6.45) is 2.66. The summed E-state index contributed by atoms with van der Waals surface area (Å²) in [5, 5.41) is 2.65. The summed E-state index contributed by atoms with van der Waals surface area (Å²) in [4.78, 5) is 23.3. The van der Waals surface area contributed by atoms with Crippen molar-refractivity contribution in [3.63, 3.8) is 0 Å². The van der Waals surface area contributed by atoms with Gasteiger partial charge in [0.25, 0.3) is 5.91 Å². The molecule has 6 heteroatoms. The van der Waals surface area contributed by atoms with Crippen LogP contribution in [0.25, 0.3) is 6.08 Å². The lowest BCUT2D eigenvalue weighted by Crippen LogP contribution is -2.28. The van der Waals surface area contributed by atoms with E-state index in [1.807, 2.05) is 18.2 Å². The molecule has 130 valence electrons. The van der Waals surface area contributed by atoms with Gasteiger partial charge in [-0.3, -0.25) is 4.79 Å². The highest BCUT2D eigenvalue weighted by Gasteiger charge is 2.07. The van der Waals surface area contributed by atoms with E-state index in [4.69, 9.17) is 9.47 Å². The average Bonchev–Trinajstić information content (AvgIpc) is 2.64. The molecule has 25 heavy (non-hydrogen) atoms. The monoisotopic (exact) mass is 343 g/mol. The normalized spacial score (nSPS) is 10.5. The fourth-order valence-electron chi connectivity index (χ4n) is 2.02. The molecular formula is C19H18FNO4. The molecule has 2 aromatic rings. The van der Waals surface area contributed by atoms with Crippen molar-refractivity contribution in [2.45, 2.75) is 6.54 Å². The van der Waals surface area contributed by atoms with E-state index in [1.54, 1.807) is 13.2 Å². The Bertz CT molecular complexity index is 756. The number of halogens is 1. The molecule has 0 aliphatic heterocycles. The van der Waals surface area contributed by atoms with Gasteiger partial charge in [-0.2, -0.15) is 0 Å². The summed E-state index contributed by atoms with van der Waals surface area (Å²) in [6.45, 7) is -0.118. The lowest BCUT2D eigenvalue weighted by atomic mass is 10.2. The molecule has 1 amide bonds. The Morgan fingerprint density at radius 1 is 1.12 bits per heavy atom. The Hall–Kier alpha value is -3.15. The summed E-state index contributed by atoms with van der Waals surface area (Å²) in [6, 6.07) is 12.9. The first-order chi connectivity index (χ1) is 12.1. The van der Waals surface area contributed by atoms with E-state index in [0.717, 1.165) is 5.56 Å². The minimum Gasteiger partial charge on any atom is -0.496 e. The van der Waals surface area contributed by atoms with Crippen LogP contribution < -0.4 is 10.1 Å². The molecule has 0 heterocycles. The Kier molecular flexibility index (Phi) is 6.71. The number of para-hydroxylation sites is 1. The van der Waals surface area contributed by atoms with Gasteiger partial charge in [0.15, 0.2) is 6.61 Å². The number of carbonyl (C=O) groups is 2. The van der Waals surface area contributed by atoms with Gasteiger partial charge in [0.2, 0.25) is 0 Å². The molecule has 0 saturated carbocycles. The zero-order chi connectivity index (χ0) is 18.1. The van der Waals surface area contributed by atoms with Gasteiger partial charge in [-0.15, -0.1) is 0 Å². The number of carbonyl (C=O) groups excluding carboxylic acids is 2. The van der Waals surface area contributed by atoms with Crippen LogP contribution in [0.3, 0.4) is 0 Å². The van der Waals surface area contributed by atoms with Crippen molar-refractivity contribution in [2.75, 3.05) is 13.7 Å². The van der Waals surface area contributed by atoms with E-state index in [-0.39, 0.29) is 19.0 Å². The highest BCUT2D eigenvalue weighted by Crippen LogP contribution is 2.16. The van der Waals surface area contributed by atoms with Crippen molar-refractivity contribution in [1.29, 1.82) is 0 Å². The minimum absolute atomic E-state index is 0.270. The molecule has 0 radical (unpaired) electrons. The third kappa shape index (κ3) is 6.10. The largest absolute Gasteiger partial charge is 0.496 e. The first kappa shape index (κ1) is 18.2. The smallest absolute Gasteiger partial charge is 0.331 e. The summed E-state index contributed by atoms with van der Waals surface area (Å²) in [5.74, 6) is -0.764. The topological polar surface area (TPSA) is 64.6 Å². The maximum absolute atomic E-state index is 12.8. The Morgan fingerprint density at radius 3 is 2.56 bits per heavy atom. The molecule has 0 aromatic heterocycles. The van der Waals surface area contributed by atoms with Crippen LogP contribution in [-0.2, 0) is 20.9 Å². The van der Waals surface area contributed by atoms with Gasteiger partial charge in [-0.05, 0) is 29.8 Å². The van der Waals surface area contributed by atoms with E-state index in [2.05, 4.69) is 5.32 Å². The Labute approximate surface area is 145 Å². The van der Waals surface area contributed by atoms with Crippen molar-refractivity contribution >= 4 is 18.0 Å². The van der Waals surface area contributed by atoms with Gasteiger partial charge in [0, 0.05) is 18.2 Å². The van der Waals surface area contributed by atoms with Gasteiger partial charge in [0.1, 0.15) is 11.6 Å². The van der Waals surface area contributed by atoms with Crippen molar-refractivity contribution in [3.05, 3.63) is 71.6 Å². The molecule has 5 nitrogen and oxygen atoms in total. The zero-order valence-corrected chi connectivity index (χ0v) is 13.7. The molecule has 0 saturated heterocycles. The SMILES string of the molecule is COc1ccccc1CNC(=O)COC(=O)C=Cc1ccc(F)cc1. The van der Waals surface area contributed by atoms with Crippen molar-refractivity contribution < 1.29 is 23.5 Å². The number of methoxy groups -OCH3 is 1. The molecule has 1 N–H and O–H groups in total. The highest BCUT2D eigenvalue weighted by molar-refractivity contribution is 5.89. The molecule has 0 spiro atoms. The Morgan fingerprint density at radius 2 is 1.84 bits per heavy atom. The van der Waals surface area contributed by atoms with Gasteiger partial charge in [-0.1, -0.05) is 30.3 Å². The fourth-order valence-corrected chi connectivity index (χ4v) is 2.02. The molecule has 0 atom stereocenters. The summed E-state index contributed by atoms with van der Waals surface area (Å²) < 4.78 is 22.8. The zero-order valence-electron chi connectivity index (χ0n) is 13.7. The van der Waals surface area contributed by atoms with Crippen molar-refractivity contribution in [3.8, 4) is 5.75 Å². The second-order valence-corrected chi connectivity index (χ2v) is 5.08. The second-order valence-electron chi connectivity index (χ2n) is 5.08. The predicted octanol–water partition coefficient (Wildman–Crippen LogP) is 2.71. The van der Waals surface area contributed by atoms with E-state index in [0.29, 0.717) is 11.3 Å². The Balaban J connectivity index is 1.75. The molecule has 0 fully saturated rings. The number of esters is 1. The van der Waals surface area contributed by atoms with Crippen LogP contribution in [0, 0.1) is 5.82 Å². The van der Waals surface area contributed by atoms with Crippen LogP contribution in [0.1, 0.15) is 11.1 Å². The van der Waals surface area contributed by atoms with Crippen LogP contribution in [0.4, 0.5) is 4.39 Å². The third-order valence-electron chi connectivity index (χ3n) is 3.30. The number of ether oxygens (including phenoxy) is 2. The first-order valence-electron chi connectivity index (χ1n) is 7.57. The van der Waals surface area contributed by atoms with Crippen LogP contribution in [0.5, 0.6) is 5.75 Å². The van der Waals surface area contributed by atoms with Crippen LogP contribution in [-0.4, -0.2) is 25.6 Å². The number of rotatable bonds is 7. The molecular weight excluding hydrogens is 325 g/mol. The summed E-state index contributed by atoms with van der Waals surface area (Å²) >= 11 is 0. The standard InChI is InChI=1S/C19H18FNO4/c1-24-17-5-3-2-4-15(17)12-21-18(22)13-25-19(23)11-8-14-6-9-16(20)10-7-14/h2-11H,12-13H2,1H3,(H,21,22). The van der Waals surface area contributed by atoms with Gasteiger partial charge in [-0.25, -0.2) is 9.18 Å². The van der Waals surface area contributed by atoms with Gasteiger partial charge < -0.3 is 14.8 Å². The average molecular weight is 343 g/mol. The number of amides is 1. The maximum atomic E-state index is 12.8. The van der Waals surface area contributed by atoms with Gasteiger partial charge >= 0.3 is 5.97 Å². The molecule has 2 rings (SSSR count). The van der Waals surface area contributed by atoms with Crippen LogP contribution >= 0.6 is 0 Å². The highest BCUT2D eigenvalue weighted by atomic mass is 19.1. The van der Waals surface area contributed by atoms with E-state index in [1.165, 1.54) is 36.4 Å². The van der Waals surface area contributed by atoms with E-state index in [9.17, 15) is 14.0 Å². The number of hydrogen-bond acceptors (Lipinski definition) is 4. The summed E-state index contributed by atoms with van der Waals surface area (Å²) in [7, 11) is 1.55. The quantitative estimate of drug-likeness (QED) is 0.620. The first-order valence-corrected chi connectivity index (χ1v) is 7.57. The molecule has 0 unspecified atom stereocenters. The molecule has 0 aliphatic rings. The number of nitrogens with one attached hydrogen (secondary N) is 1. The van der Waals surface area contributed by atoms with E-state index >= 15 is 0 Å². The number of benzene rings is 2. The fraction of sp³-hybridized carbons (Fsp3) is 0.158. The minimum atomic E-state index is -0.656. The van der Waals surface area contributed by atoms with Crippen molar-refractivity contribution in [2.24, 2.45) is 0 Å². The molecule has 0 aliphatic carbocycles. The number of hydrogen-bond donors (Lipinski definition) is 1. The van der Waals surface area contributed by atoms with Crippen LogP contribution in [0.15, 0.2) is 54.6 Å². The second kappa shape index (κ2) is 9.22.